The third-order valence-corrected chi connectivity index (χ3v) is 6.16. The fourth-order valence-electron chi connectivity index (χ4n) is 4.42. The van der Waals surface area contributed by atoms with Crippen molar-refractivity contribution in [2.75, 3.05) is 19.6 Å². The maximum atomic E-state index is 13.0. The van der Waals surface area contributed by atoms with Crippen LogP contribution in [0.2, 0.25) is 0 Å². The normalized spacial score (nSPS) is 20.7. The van der Waals surface area contributed by atoms with E-state index in [2.05, 4.69) is 15.2 Å². The summed E-state index contributed by atoms with van der Waals surface area (Å²) in [6.45, 7) is 7.92. The highest BCUT2D eigenvalue weighted by atomic mass is 16.4. The molecule has 166 valence electrons. The molecule has 0 radical (unpaired) electrons. The number of carbonyl (C=O) groups is 2. The van der Waals surface area contributed by atoms with Crippen molar-refractivity contribution in [3.63, 3.8) is 0 Å². The van der Waals surface area contributed by atoms with Crippen LogP contribution in [-0.4, -0.2) is 56.4 Å². The Kier molecular flexibility index (Phi) is 6.07. The Balaban J connectivity index is 1.44. The van der Waals surface area contributed by atoms with E-state index in [1.165, 1.54) is 0 Å². The molecular weight excluding hydrogens is 394 g/mol. The van der Waals surface area contributed by atoms with Gasteiger partial charge in [0.05, 0.1) is 0 Å². The van der Waals surface area contributed by atoms with Crippen LogP contribution in [0.15, 0.2) is 28.8 Å². The smallest absolute Gasteiger partial charge is 0.273 e. The van der Waals surface area contributed by atoms with Crippen molar-refractivity contribution in [3.8, 4) is 0 Å². The molecule has 0 spiro atoms. The van der Waals surface area contributed by atoms with Gasteiger partial charge in [-0.25, -0.2) is 0 Å². The fourth-order valence-corrected chi connectivity index (χ4v) is 4.42. The first kappa shape index (κ1) is 21.5. The number of piperidine rings is 2. The number of nitrogens with zero attached hydrogens (tertiary/aromatic N) is 5. The largest absolute Gasteiger partial charge is 0.423 e. The summed E-state index contributed by atoms with van der Waals surface area (Å²) in [7, 11) is 0. The van der Waals surface area contributed by atoms with E-state index in [0.29, 0.717) is 37.1 Å². The Morgan fingerprint density at radius 2 is 1.74 bits per heavy atom. The van der Waals surface area contributed by atoms with Gasteiger partial charge in [0.2, 0.25) is 17.7 Å². The standard InChI is InChI=1S/C23H31N5O3/c1-23(2,3)22(30)27-14-10-16(11-15-27)19-25-26-20(31-19)18-9-5-7-13-28(18)21(29)17-8-4-6-12-24-17/h4,6,8,12,16,18H,5,7,9-11,13-15H2,1-3H3/t18-/m1/s1. The Morgan fingerprint density at radius 3 is 2.42 bits per heavy atom. The molecule has 2 saturated heterocycles. The summed E-state index contributed by atoms with van der Waals surface area (Å²) in [5, 5.41) is 8.65. The summed E-state index contributed by atoms with van der Waals surface area (Å²) in [4.78, 5) is 33.5. The highest BCUT2D eigenvalue weighted by Gasteiger charge is 2.35. The molecule has 4 heterocycles. The molecule has 0 aromatic carbocycles. The van der Waals surface area contributed by atoms with Gasteiger partial charge < -0.3 is 14.2 Å². The molecule has 2 aromatic heterocycles. The van der Waals surface area contributed by atoms with Gasteiger partial charge in [-0.15, -0.1) is 10.2 Å². The lowest BCUT2D eigenvalue weighted by atomic mass is 9.91. The van der Waals surface area contributed by atoms with Crippen molar-refractivity contribution in [1.29, 1.82) is 0 Å². The number of hydrogen-bond donors (Lipinski definition) is 0. The predicted molar refractivity (Wildman–Crippen MR) is 114 cm³/mol. The van der Waals surface area contributed by atoms with Crippen molar-refractivity contribution in [3.05, 3.63) is 41.9 Å². The van der Waals surface area contributed by atoms with Gasteiger partial charge in [-0.1, -0.05) is 26.8 Å². The summed E-state index contributed by atoms with van der Waals surface area (Å²) in [6, 6.07) is 5.14. The number of carbonyl (C=O) groups excluding carboxylic acids is 2. The maximum absolute atomic E-state index is 13.0. The third kappa shape index (κ3) is 4.62. The lowest BCUT2D eigenvalue weighted by molar-refractivity contribution is -0.140. The van der Waals surface area contributed by atoms with E-state index in [1.54, 1.807) is 18.3 Å². The minimum Gasteiger partial charge on any atom is -0.423 e. The molecule has 0 saturated carbocycles. The maximum Gasteiger partial charge on any atom is 0.273 e. The molecule has 31 heavy (non-hydrogen) atoms. The predicted octanol–water partition coefficient (Wildman–Crippen LogP) is 3.58. The van der Waals surface area contributed by atoms with E-state index < -0.39 is 0 Å². The molecule has 4 rings (SSSR count). The molecule has 8 nitrogen and oxygen atoms in total. The number of aromatic nitrogens is 3. The second-order valence-corrected chi connectivity index (χ2v) is 9.52. The first-order valence-electron chi connectivity index (χ1n) is 11.2. The summed E-state index contributed by atoms with van der Waals surface area (Å²) >= 11 is 0. The van der Waals surface area contributed by atoms with Crippen LogP contribution in [-0.2, 0) is 4.79 Å². The minimum atomic E-state index is -0.366. The number of pyridine rings is 1. The Bertz CT molecular complexity index is 913. The molecule has 2 aromatic rings. The lowest BCUT2D eigenvalue weighted by Gasteiger charge is -2.35. The Hall–Kier alpha value is -2.77. The average Bonchev–Trinajstić information content (AvgIpc) is 3.28. The molecular formula is C23H31N5O3. The van der Waals surface area contributed by atoms with Gasteiger partial charge in [-0.3, -0.25) is 14.6 Å². The third-order valence-electron chi connectivity index (χ3n) is 6.16. The van der Waals surface area contributed by atoms with Crippen LogP contribution in [0.3, 0.4) is 0 Å². The molecule has 8 heteroatoms. The van der Waals surface area contributed by atoms with Crippen LogP contribution < -0.4 is 0 Å². The minimum absolute atomic E-state index is 0.0981. The fraction of sp³-hybridized carbons (Fsp3) is 0.609. The van der Waals surface area contributed by atoms with Crippen molar-refractivity contribution < 1.29 is 14.0 Å². The number of hydrogen-bond acceptors (Lipinski definition) is 6. The van der Waals surface area contributed by atoms with Crippen molar-refractivity contribution >= 4 is 11.8 Å². The highest BCUT2D eigenvalue weighted by molar-refractivity contribution is 5.92. The summed E-state index contributed by atoms with van der Waals surface area (Å²) in [6.07, 6.45) is 6.03. The highest BCUT2D eigenvalue weighted by Crippen LogP contribution is 2.34. The molecule has 2 aliphatic rings. The van der Waals surface area contributed by atoms with Crippen molar-refractivity contribution in [2.24, 2.45) is 5.41 Å². The molecule has 2 fully saturated rings. The zero-order chi connectivity index (χ0) is 22.0. The van der Waals surface area contributed by atoms with Gasteiger partial charge in [0.1, 0.15) is 11.7 Å². The van der Waals surface area contributed by atoms with Crippen LogP contribution in [0.1, 0.15) is 87.1 Å². The number of rotatable bonds is 3. The monoisotopic (exact) mass is 425 g/mol. The molecule has 0 unspecified atom stereocenters. The summed E-state index contributed by atoms with van der Waals surface area (Å²) < 4.78 is 6.10. The zero-order valence-electron chi connectivity index (χ0n) is 18.6. The average molecular weight is 426 g/mol. The van der Waals surface area contributed by atoms with E-state index >= 15 is 0 Å². The molecule has 0 N–H and O–H groups in total. The second kappa shape index (κ2) is 8.77. The van der Waals surface area contributed by atoms with E-state index in [0.717, 1.165) is 32.1 Å². The topological polar surface area (TPSA) is 92.4 Å². The Morgan fingerprint density at radius 1 is 1.00 bits per heavy atom. The second-order valence-electron chi connectivity index (χ2n) is 9.52. The van der Waals surface area contributed by atoms with Crippen LogP contribution in [0.5, 0.6) is 0 Å². The van der Waals surface area contributed by atoms with Crippen LogP contribution >= 0.6 is 0 Å². The van der Waals surface area contributed by atoms with Gasteiger partial charge in [-0.2, -0.15) is 0 Å². The van der Waals surface area contributed by atoms with Gasteiger partial charge in [0.15, 0.2) is 0 Å². The first-order chi connectivity index (χ1) is 14.8. The van der Waals surface area contributed by atoms with E-state index in [-0.39, 0.29) is 29.2 Å². The van der Waals surface area contributed by atoms with Crippen molar-refractivity contribution in [1.82, 2.24) is 25.0 Å². The van der Waals surface area contributed by atoms with Crippen LogP contribution in [0.25, 0.3) is 0 Å². The van der Waals surface area contributed by atoms with E-state index in [1.807, 2.05) is 36.6 Å². The van der Waals surface area contributed by atoms with Gasteiger partial charge in [-0.05, 0) is 44.2 Å². The lowest BCUT2D eigenvalue weighted by Crippen LogP contribution is -2.43. The molecule has 0 aliphatic carbocycles. The van der Waals surface area contributed by atoms with Gasteiger partial charge >= 0.3 is 0 Å². The van der Waals surface area contributed by atoms with Gasteiger partial charge in [0, 0.05) is 37.2 Å². The molecule has 1 atom stereocenters. The quantitative estimate of drug-likeness (QED) is 0.746. The van der Waals surface area contributed by atoms with Gasteiger partial charge in [0.25, 0.3) is 5.91 Å². The van der Waals surface area contributed by atoms with Crippen LogP contribution in [0, 0.1) is 5.41 Å². The molecule has 2 aliphatic heterocycles. The van der Waals surface area contributed by atoms with E-state index in [4.69, 9.17) is 4.42 Å². The zero-order valence-corrected chi connectivity index (χ0v) is 18.6. The summed E-state index contributed by atoms with van der Waals surface area (Å²) in [5.41, 5.74) is 0.0692. The van der Waals surface area contributed by atoms with Crippen LogP contribution in [0.4, 0.5) is 0 Å². The molecule has 2 amide bonds. The first-order valence-corrected chi connectivity index (χ1v) is 11.2. The van der Waals surface area contributed by atoms with E-state index in [9.17, 15) is 9.59 Å². The Labute approximate surface area is 183 Å². The SMILES string of the molecule is CC(C)(C)C(=O)N1CCC(c2nnc([C@H]3CCCCN3C(=O)c3ccccn3)o2)CC1. The molecule has 0 bridgehead atoms. The number of likely N-dealkylation sites (tertiary alicyclic amines) is 2. The number of amides is 2. The van der Waals surface area contributed by atoms with Crippen molar-refractivity contribution in [2.45, 2.75) is 64.8 Å². The summed E-state index contributed by atoms with van der Waals surface area (Å²) in [5.74, 6) is 1.36.